The molecule has 0 saturated heterocycles. The summed E-state index contributed by atoms with van der Waals surface area (Å²) >= 11 is 0. The standard InChI is InChI=1S/C14H18F2N2O3/c1-9(2)6-18(8-14(20)21)7-13(19)17-10-3-4-11(15)12(16)5-10/h3-5,9H,6-8H2,1-2H3,(H,17,19)(H,20,21). The SMILES string of the molecule is CC(C)CN(CC(=O)O)CC(=O)Nc1ccc(F)c(F)c1. The van der Waals surface area contributed by atoms with E-state index in [0.29, 0.717) is 6.54 Å². The highest BCUT2D eigenvalue weighted by Gasteiger charge is 2.15. The number of nitrogens with one attached hydrogen (secondary N) is 1. The minimum Gasteiger partial charge on any atom is -0.480 e. The molecular weight excluding hydrogens is 282 g/mol. The monoisotopic (exact) mass is 300 g/mol. The number of amides is 1. The van der Waals surface area contributed by atoms with Gasteiger partial charge in [0, 0.05) is 18.3 Å². The van der Waals surface area contributed by atoms with Crippen LogP contribution in [0.3, 0.4) is 0 Å². The van der Waals surface area contributed by atoms with Gasteiger partial charge in [-0.15, -0.1) is 0 Å². The van der Waals surface area contributed by atoms with Gasteiger partial charge in [0.1, 0.15) is 0 Å². The van der Waals surface area contributed by atoms with Gasteiger partial charge in [-0.3, -0.25) is 14.5 Å². The Bertz CT molecular complexity index is 521. The molecule has 7 heteroatoms. The largest absolute Gasteiger partial charge is 0.480 e. The highest BCUT2D eigenvalue weighted by molar-refractivity contribution is 5.92. The number of carboxylic acid groups (broad SMARTS) is 1. The predicted molar refractivity (Wildman–Crippen MR) is 73.9 cm³/mol. The van der Waals surface area contributed by atoms with Gasteiger partial charge >= 0.3 is 5.97 Å². The van der Waals surface area contributed by atoms with E-state index in [1.807, 2.05) is 13.8 Å². The van der Waals surface area contributed by atoms with Crippen molar-refractivity contribution in [2.24, 2.45) is 5.92 Å². The summed E-state index contributed by atoms with van der Waals surface area (Å²) in [7, 11) is 0. The van der Waals surface area contributed by atoms with Gasteiger partial charge in [0.2, 0.25) is 5.91 Å². The highest BCUT2D eigenvalue weighted by Crippen LogP contribution is 2.13. The molecule has 0 aliphatic carbocycles. The van der Waals surface area contributed by atoms with Crippen LogP contribution in [0.5, 0.6) is 0 Å². The molecule has 116 valence electrons. The Labute approximate surface area is 121 Å². The Balaban J connectivity index is 2.64. The van der Waals surface area contributed by atoms with Crippen LogP contribution in [0.2, 0.25) is 0 Å². The molecule has 0 radical (unpaired) electrons. The lowest BCUT2D eigenvalue weighted by Gasteiger charge is -2.21. The van der Waals surface area contributed by atoms with Crippen molar-refractivity contribution in [3.8, 4) is 0 Å². The molecule has 5 nitrogen and oxygen atoms in total. The van der Waals surface area contributed by atoms with Gasteiger partial charge in [-0.1, -0.05) is 13.8 Å². The summed E-state index contributed by atoms with van der Waals surface area (Å²) in [6.07, 6.45) is 0. The van der Waals surface area contributed by atoms with E-state index in [9.17, 15) is 18.4 Å². The van der Waals surface area contributed by atoms with Gasteiger partial charge in [0.25, 0.3) is 0 Å². The molecule has 1 amide bonds. The number of anilines is 1. The van der Waals surface area contributed by atoms with Crippen LogP contribution < -0.4 is 5.32 Å². The summed E-state index contributed by atoms with van der Waals surface area (Å²) in [5, 5.41) is 11.2. The summed E-state index contributed by atoms with van der Waals surface area (Å²) in [4.78, 5) is 24.0. The topological polar surface area (TPSA) is 69.6 Å². The zero-order valence-corrected chi connectivity index (χ0v) is 11.9. The minimum absolute atomic E-state index is 0.124. The smallest absolute Gasteiger partial charge is 0.317 e. The Morgan fingerprint density at radius 3 is 2.43 bits per heavy atom. The first kappa shape index (κ1) is 17.0. The van der Waals surface area contributed by atoms with E-state index in [4.69, 9.17) is 5.11 Å². The van der Waals surface area contributed by atoms with Crippen LogP contribution in [0.4, 0.5) is 14.5 Å². The molecule has 1 aromatic rings. The second-order valence-electron chi connectivity index (χ2n) is 5.13. The van der Waals surface area contributed by atoms with Gasteiger partial charge in [-0.2, -0.15) is 0 Å². The molecular formula is C14H18F2N2O3. The van der Waals surface area contributed by atoms with E-state index >= 15 is 0 Å². The molecule has 1 aromatic carbocycles. The minimum atomic E-state index is -1.06. The van der Waals surface area contributed by atoms with Crippen molar-refractivity contribution in [2.45, 2.75) is 13.8 Å². The molecule has 21 heavy (non-hydrogen) atoms. The molecule has 0 atom stereocenters. The summed E-state index contributed by atoms with van der Waals surface area (Å²) in [6.45, 7) is 3.86. The average Bonchev–Trinajstić information content (AvgIpc) is 2.31. The number of aliphatic carboxylic acids is 1. The van der Waals surface area contributed by atoms with E-state index in [1.54, 1.807) is 0 Å². The number of carbonyl (C=O) groups excluding carboxylic acids is 1. The third-order valence-electron chi connectivity index (χ3n) is 2.55. The Hall–Kier alpha value is -2.02. The van der Waals surface area contributed by atoms with E-state index < -0.39 is 23.5 Å². The maximum absolute atomic E-state index is 13.0. The number of rotatable bonds is 7. The third-order valence-corrected chi connectivity index (χ3v) is 2.55. The van der Waals surface area contributed by atoms with Crippen molar-refractivity contribution < 1.29 is 23.5 Å². The zero-order valence-electron chi connectivity index (χ0n) is 11.9. The molecule has 0 saturated carbocycles. The Kier molecular flexibility index (Phi) is 6.23. The molecule has 0 spiro atoms. The fourth-order valence-corrected chi connectivity index (χ4v) is 1.87. The first-order valence-corrected chi connectivity index (χ1v) is 6.47. The van der Waals surface area contributed by atoms with Crippen LogP contribution >= 0.6 is 0 Å². The maximum atomic E-state index is 13.0. The lowest BCUT2D eigenvalue weighted by molar-refractivity contribution is -0.138. The molecule has 2 N–H and O–H groups in total. The number of hydrogen-bond donors (Lipinski definition) is 2. The molecule has 0 unspecified atom stereocenters. The molecule has 0 heterocycles. The fourth-order valence-electron chi connectivity index (χ4n) is 1.87. The van der Waals surface area contributed by atoms with Gasteiger partial charge in [-0.05, 0) is 18.1 Å². The van der Waals surface area contributed by atoms with Crippen LogP contribution in [-0.4, -0.2) is 41.5 Å². The quantitative estimate of drug-likeness (QED) is 0.807. The number of hydrogen-bond acceptors (Lipinski definition) is 3. The second kappa shape index (κ2) is 7.68. The van der Waals surface area contributed by atoms with Gasteiger partial charge < -0.3 is 10.4 Å². The predicted octanol–water partition coefficient (Wildman–Crippen LogP) is 1.95. The normalized spacial score (nSPS) is 11.0. The van der Waals surface area contributed by atoms with Crippen molar-refractivity contribution in [1.82, 2.24) is 4.90 Å². The highest BCUT2D eigenvalue weighted by atomic mass is 19.2. The lowest BCUT2D eigenvalue weighted by Crippen LogP contribution is -2.39. The molecule has 0 fully saturated rings. The average molecular weight is 300 g/mol. The maximum Gasteiger partial charge on any atom is 0.317 e. The van der Waals surface area contributed by atoms with Crippen molar-refractivity contribution in [3.05, 3.63) is 29.8 Å². The van der Waals surface area contributed by atoms with E-state index in [1.165, 1.54) is 11.0 Å². The summed E-state index contributed by atoms with van der Waals surface area (Å²) < 4.78 is 25.8. The Morgan fingerprint density at radius 2 is 1.90 bits per heavy atom. The number of carboxylic acids is 1. The van der Waals surface area contributed by atoms with Crippen LogP contribution in [0.1, 0.15) is 13.8 Å². The summed E-state index contributed by atoms with van der Waals surface area (Å²) in [5.41, 5.74) is 0.124. The first-order chi connectivity index (χ1) is 9.77. The van der Waals surface area contributed by atoms with Crippen LogP contribution in [0.25, 0.3) is 0 Å². The first-order valence-electron chi connectivity index (χ1n) is 6.47. The molecule has 0 aliphatic heterocycles. The summed E-state index contributed by atoms with van der Waals surface area (Å²) in [6, 6.07) is 3.02. The lowest BCUT2D eigenvalue weighted by atomic mass is 10.2. The van der Waals surface area contributed by atoms with E-state index in [-0.39, 0.29) is 24.7 Å². The molecule has 0 aliphatic rings. The van der Waals surface area contributed by atoms with Crippen molar-refractivity contribution >= 4 is 17.6 Å². The van der Waals surface area contributed by atoms with Crippen molar-refractivity contribution in [2.75, 3.05) is 25.0 Å². The molecule has 1 rings (SSSR count). The van der Waals surface area contributed by atoms with E-state index in [0.717, 1.165) is 12.1 Å². The van der Waals surface area contributed by atoms with Gasteiger partial charge in [0.05, 0.1) is 13.1 Å². The number of halogens is 2. The van der Waals surface area contributed by atoms with Crippen LogP contribution in [0.15, 0.2) is 18.2 Å². The van der Waals surface area contributed by atoms with Gasteiger partial charge in [-0.25, -0.2) is 8.78 Å². The zero-order chi connectivity index (χ0) is 16.0. The number of nitrogens with zero attached hydrogens (tertiary/aromatic N) is 1. The van der Waals surface area contributed by atoms with Crippen LogP contribution in [0, 0.1) is 17.6 Å². The molecule has 0 aromatic heterocycles. The molecule has 0 bridgehead atoms. The number of carbonyl (C=O) groups is 2. The summed E-state index contributed by atoms with van der Waals surface area (Å²) in [5.74, 6) is -3.38. The third kappa shape index (κ3) is 6.31. The van der Waals surface area contributed by atoms with Gasteiger partial charge in [0.15, 0.2) is 11.6 Å². The number of benzene rings is 1. The van der Waals surface area contributed by atoms with E-state index in [2.05, 4.69) is 5.32 Å². The van der Waals surface area contributed by atoms with Crippen molar-refractivity contribution in [1.29, 1.82) is 0 Å². The second-order valence-corrected chi connectivity index (χ2v) is 5.13. The van der Waals surface area contributed by atoms with Crippen molar-refractivity contribution in [3.63, 3.8) is 0 Å². The fraction of sp³-hybridized carbons (Fsp3) is 0.429. The Morgan fingerprint density at radius 1 is 1.24 bits per heavy atom. The van der Waals surface area contributed by atoms with Crippen LogP contribution in [-0.2, 0) is 9.59 Å².